The predicted octanol–water partition coefficient (Wildman–Crippen LogP) is 3.47. The van der Waals surface area contributed by atoms with E-state index in [4.69, 9.17) is 4.74 Å². The van der Waals surface area contributed by atoms with Crippen molar-refractivity contribution >= 4 is 28.4 Å². The van der Waals surface area contributed by atoms with Gasteiger partial charge in [-0.05, 0) is 37.6 Å². The van der Waals surface area contributed by atoms with E-state index in [0.717, 1.165) is 34.1 Å². The number of benzene rings is 2. The smallest absolute Gasteiger partial charge is 0.267 e. The molecule has 0 amide bonds. The van der Waals surface area contributed by atoms with E-state index >= 15 is 0 Å². The van der Waals surface area contributed by atoms with Gasteiger partial charge in [-0.2, -0.15) is 0 Å². The van der Waals surface area contributed by atoms with Crippen LogP contribution in [0.4, 0.5) is 0 Å². The third kappa shape index (κ3) is 3.24. The summed E-state index contributed by atoms with van der Waals surface area (Å²) in [4.78, 5) is 13.2. The Balaban J connectivity index is 1.95. The van der Waals surface area contributed by atoms with E-state index in [-0.39, 0.29) is 5.56 Å². The lowest BCUT2D eigenvalue weighted by molar-refractivity contribution is 0.200. The molecule has 0 N–H and O–H groups in total. The van der Waals surface area contributed by atoms with Crippen molar-refractivity contribution in [3.8, 4) is 5.69 Å². The molecule has 2 aromatic carbocycles. The zero-order chi connectivity index (χ0) is 18.8. The highest BCUT2D eigenvalue weighted by Gasteiger charge is 2.17. The fourth-order valence-electron chi connectivity index (χ4n) is 3.07. The highest BCUT2D eigenvalue weighted by molar-refractivity contribution is 7.99. The minimum atomic E-state index is -0.0923. The molecule has 0 bridgehead atoms. The first kappa shape index (κ1) is 17.8. The maximum atomic E-state index is 13.2. The first-order chi connectivity index (χ1) is 13.2. The van der Waals surface area contributed by atoms with Crippen LogP contribution in [0.2, 0.25) is 0 Å². The standard InChI is InChI=1S/C20H20N4O2S/c1-14-8-10-15(11-9-14)23-18(25)16-6-3-4-7-17(16)24-19(23)21-22-20(24)27-13-5-12-26-2/h3-4,6-11H,5,12-13H2,1-2H3. The minimum Gasteiger partial charge on any atom is -0.385 e. The number of para-hydroxylation sites is 1. The van der Waals surface area contributed by atoms with Crippen LogP contribution in [0, 0.1) is 6.92 Å². The third-order valence-corrected chi connectivity index (χ3v) is 5.43. The predicted molar refractivity (Wildman–Crippen MR) is 108 cm³/mol. The van der Waals surface area contributed by atoms with Gasteiger partial charge in [0.2, 0.25) is 5.78 Å². The molecule has 0 saturated carbocycles. The van der Waals surface area contributed by atoms with Crippen LogP contribution in [0.3, 0.4) is 0 Å². The van der Waals surface area contributed by atoms with Gasteiger partial charge in [-0.15, -0.1) is 10.2 Å². The Bertz CT molecular complexity index is 1150. The zero-order valence-electron chi connectivity index (χ0n) is 15.3. The molecule has 6 nitrogen and oxygen atoms in total. The minimum absolute atomic E-state index is 0.0923. The summed E-state index contributed by atoms with van der Waals surface area (Å²) in [7, 11) is 1.70. The van der Waals surface area contributed by atoms with E-state index in [2.05, 4.69) is 10.2 Å². The summed E-state index contributed by atoms with van der Waals surface area (Å²) in [5.41, 5.74) is 2.65. The molecule has 0 unspecified atom stereocenters. The lowest BCUT2D eigenvalue weighted by Gasteiger charge is -2.11. The van der Waals surface area contributed by atoms with Crippen LogP contribution in [0.25, 0.3) is 22.4 Å². The van der Waals surface area contributed by atoms with Crippen molar-refractivity contribution in [2.24, 2.45) is 0 Å². The second-order valence-electron chi connectivity index (χ2n) is 6.31. The monoisotopic (exact) mass is 380 g/mol. The molecule has 0 fully saturated rings. The number of ether oxygens (including phenoxy) is 1. The maximum Gasteiger partial charge on any atom is 0.267 e. The number of nitrogens with zero attached hydrogens (tertiary/aromatic N) is 4. The fraction of sp³-hybridized carbons (Fsp3) is 0.250. The molecule has 0 spiro atoms. The van der Waals surface area contributed by atoms with Crippen molar-refractivity contribution in [1.82, 2.24) is 19.2 Å². The first-order valence-corrected chi connectivity index (χ1v) is 9.77. The Morgan fingerprint density at radius 1 is 1.07 bits per heavy atom. The molecule has 138 valence electrons. The second kappa shape index (κ2) is 7.54. The van der Waals surface area contributed by atoms with E-state index < -0.39 is 0 Å². The highest BCUT2D eigenvalue weighted by Crippen LogP contribution is 2.23. The molecule has 0 atom stereocenters. The van der Waals surface area contributed by atoms with E-state index in [0.29, 0.717) is 17.8 Å². The lowest BCUT2D eigenvalue weighted by atomic mass is 10.2. The van der Waals surface area contributed by atoms with Gasteiger partial charge in [-0.3, -0.25) is 9.20 Å². The largest absolute Gasteiger partial charge is 0.385 e. The highest BCUT2D eigenvalue weighted by atomic mass is 32.2. The van der Waals surface area contributed by atoms with Gasteiger partial charge in [-0.1, -0.05) is 41.6 Å². The molecule has 0 aliphatic heterocycles. The summed E-state index contributed by atoms with van der Waals surface area (Å²) >= 11 is 1.62. The first-order valence-electron chi connectivity index (χ1n) is 8.78. The van der Waals surface area contributed by atoms with Crippen molar-refractivity contribution in [2.45, 2.75) is 18.5 Å². The van der Waals surface area contributed by atoms with E-state index in [1.807, 2.05) is 59.9 Å². The number of fused-ring (bicyclic) bond motifs is 3. The molecule has 27 heavy (non-hydrogen) atoms. The number of aromatic nitrogens is 4. The SMILES string of the molecule is COCCCSc1nnc2n(-c3ccc(C)cc3)c(=O)c3ccccc3n12. The van der Waals surface area contributed by atoms with Gasteiger partial charge in [0, 0.05) is 19.5 Å². The molecule has 7 heteroatoms. The van der Waals surface area contributed by atoms with Crippen LogP contribution in [0.1, 0.15) is 12.0 Å². The van der Waals surface area contributed by atoms with Gasteiger partial charge in [0.05, 0.1) is 16.6 Å². The lowest BCUT2D eigenvalue weighted by Crippen LogP contribution is -2.21. The summed E-state index contributed by atoms with van der Waals surface area (Å²) in [6.07, 6.45) is 0.922. The molecule has 0 radical (unpaired) electrons. The van der Waals surface area contributed by atoms with Crippen LogP contribution >= 0.6 is 11.8 Å². The summed E-state index contributed by atoms with van der Waals surface area (Å²) in [6.45, 7) is 2.73. The summed E-state index contributed by atoms with van der Waals surface area (Å²) < 4.78 is 8.72. The number of hydrogen-bond acceptors (Lipinski definition) is 5. The van der Waals surface area contributed by atoms with Gasteiger partial charge >= 0.3 is 0 Å². The molecule has 0 aliphatic rings. The van der Waals surface area contributed by atoms with E-state index in [1.54, 1.807) is 23.4 Å². The fourth-order valence-corrected chi connectivity index (χ4v) is 3.92. The van der Waals surface area contributed by atoms with Gasteiger partial charge < -0.3 is 4.74 Å². The van der Waals surface area contributed by atoms with Crippen molar-refractivity contribution < 1.29 is 4.74 Å². The number of methoxy groups -OCH3 is 1. The Morgan fingerprint density at radius 3 is 2.63 bits per heavy atom. The van der Waals surface area contributed by atoms with Crippen LogP contribution < -0.4 is 5.56 Å². The average Bonchev–Trinajstić information content (AvgIpc) is 3.10. The Kier molecular flexibility index (Phi) is 4.96. The van der Waals surface area contributed by atoms with Crippen LogP contribution in [0.15, 0.2) is 58.5 Å². The Hall–Kier alpha value is -2.64. The molecule has 0 aliphatic carbocycles. The number of aryl methyl sites for hydroxylation is 1. The van der Waals surface area contributed by atoms with Crippen molar-refractivity contribution in [1.29, 1.82) is 0 Å². The van der Waals surface area contributed by atoms with E-state index in [1.165, 1.54) is 0 Å². The Morgan fingerprint density at radius 2 is 1.85 bits per heavy atom. The van der Waals surface area contributed by atoms with Gasteiger partial charge in [0.15, 0.2) is 5.16 Å². The maximum absolute atomic E-state index is 13.2. The number of hydrogen-bond donors (Lipinski definition) is 0. The molecule has 2 aromatic heterocycles. The molecule has 0 saturated heterocycles. The van der Waals surface area contributed by atoms with Crippen LogP contribution in [-0.4, -0.2) is 38.6 Å². The van der Waals surface area contributed by atoms with Gasteiger partial charge in [0.1, 0.15) is 0 Å². The normalized spacial score (nSPS) is 11.5. The van der Waals surface area contributed by atoms with Crippen molar-refractivity contribution in [2.75, 3.05) is 19.5 Å². The molecular formula is C20H20N4O2S. The molecule has 4 rings (SSSR count). The summed E-state index contributed by atoms with van der Waals surface area (Å²) in [5, 5.41) is 10.1. The number of thioether (sulfide) groups is 1. The number of rotatable bonds is 6. The van der Waals surface area contributed by atoms with Crippen LogP contribution in [-0.2, 0) is 4.74 Å². The topological polar surface area (TPSA) is 61.4 Å². The zero-order valence-corrected chi connectivity index (χ0v) is 16.1. The second-order valence-corrected chi connectivity index (χ2v) is 7.37. The van der Waals surface area contributed by atoms with Crippen LogP contribution in [0.5, 0.6) is 0 Å². The van der Waals surface area contributed by atoms with Crippen molar-refractivity contribution in [3.05, 3.63) is 64.4 Å². The molecular weight excluding hydrogens is 360 g/mol. The molecule has 2 heterocycles. The van der Waals surface area contributed by atoms with Gasteiger partial charge in [-0.25, -0.2) is 4.57 Å². The summed E-state index contributed by atoms with van der Waals surface area (Å²) in [6, 6.07) is 15.4. The van der Waals surface area contributed by atoms with Gasteiger partial charge in [0.25, 0.3) is 5.56 Å². The van der Waals surface area contributed by atoms with E-state index in [9.17, 15) is 4.79 Å². The summed E-state index contributed by atoms with van der Waals surface area (Å²) in [5.74, 6) is 1.39. The molecule has 4 aromatic rings. The quantitative estimate of drug-likeness (QED) is 0.379. The third-order valence-electron chi connectivity index (χ3n) is 4.41. The average molecular weight is 380 g/mol. The Labute approximate surface area is 160 Å². The van der Waals surface area contributed by atoms with Crippen molar-refractivity contribution in [3.63, 3.8) is 0 Å².